The summed E-state index contributed by atoms with van der Waals surface area (Å²) < 4.78 is 5.77. The van der Waals surface area contributed by atoms with Crippen molar-refractivity contribution in [2.75, 3.05) is 13.1 Å². The van der Waals surface area contributed by atoms with Crippen molar-refractivity contribution in [1.29, 1.82) is 0 Å². The molecule has 2 atom stereocenters. The zero-order valence-corrected chi connectivity index (χ0v) is 14.3. The van der Waals surface area contributed by atoms with Gasteiger partial charge in [-0.25, -0.2) is 0 Å². The van der Waals surface area contributed by atoms with Gasteiger partial charge < -0.3 is 21.1 Å². The third-order valence-corrected chi connectivity index (χ3v) is 3.45. The molecule has 128 valence electrons. The Bertz CT molecular complexity index is 532. The summed E-state index contributed by atoms with van der Waals surface area (Å²) >= 11 is 0. The van der Waals surface area contributed by atoms with Gasteiger partial charge >= 0.3 is 0 Å². The average molecular weight is 321 g/mol. The molecule has 0 bridgehead atoms. The summed E-state index contributed by atoms with van der Waals surface area (Å²) in [5.74, 6) is 0.236. The number of para-hydroxylation sites is 1. The average Bonchev–Trinajstić information content (AvgIpc) is 2.51. The van der Waals surface area contributed by atoms with Gasteiger partial charge in [0.2, 0.25) is 11.8 Å². The highest BCUT2D eigenvalue weighted by molar-refractivity contribution is 5.87. The van der Waals surface area contributed by atoms with E-state index < -0.39 is 6.04 Å². The minimum absolute atomic E-state index is 0.0283. The SMILES string of the molecule is Cc1ccccc1OC(C)CNC(=O)CNC(=O)[C@@H](N)C(C)C. The lowest BCUT2D eigenvalue weighted by Gasteiger charge is -2.18. The van der Waals surface area contributed by atoms with Gasteiger partial charge in [-0.05, 0) is 31.4 Å². The first kappa shape index (κ1) is 19.0. The fraction of sp³-hybridized carbons (Fsp3) is 0.529. The van der Waals surface area contributed by atoms with Crippen molar-refractivity contribution in [3.63, 3.8) is 0 Å². The minimum Gasteiger partial charge on any atom is -0.489 e. The minimum atomic E-state index is -0.605. The van der Waals surface area contributed by atoms with Gasteiger partial charge in [0.1, 0.15) is 11.9 Å². The molecular formula is C17H27N3O3. The first-order valence-corrected chi connectivity index (χ1v) is 7.83. The molecule has 1 aromatic rings. The molecule has 0 saturated heterocycles. The predicted octanol–water partition coefficient (Wildman–Crippen LogP) is 0.978. The van der Waals surface area contributed by atoms with E-state index in [9.17, 15) is 9.59 Å². The molecule has 23 heavy (non-hydrogen) atoms. The van der Waals surface area contributed by atoms with E-state index in [1.165, 1.54) is 0 Å². The van der Waals surface area contributed by atoms with Gasteiger partial charge in [-0.2, -0.15) is 0 Å². The van der Waals surface area contributed by atoms with Crippen molar-refractivity contribution in [3.05, 3.63) is 29.8 Å². The molecule has 6 nitrogen and oxygen atoms in total. The van der Waals surface area contributed by atoms with E-state index in [0.29, 0.717) is 6.54 Å². The van der Waals surface area contributed by atoms with Crippen LogP contribution in [0.4, 0.5) is 0 Å². The molecule has 0 aliphatic heterocycles. The van der Waals surface area contributed by atoms with Crippen LogP contribution in [0.2, 0.25) is 0 Å². The number of rotatable bonds is 8. The van der Waals surface area contributed by atoms with Crippen molar-refractivity contribution in [1.82, 2.24) is 10.6 Å². The van der Waals surface area contributed by atoms with Gasteiger partial charge in [-0.15, -0.1) is 0 Å². The Balaban J connectivity index is 2.30. The maximum atomic E-state index is 11.7. The third-order valence-electron chi connectivity index (χ3n) is 3.45. The first-order chi connectivity index (χ1) is 10.8. The summed E-state index contributed by atoms with van der Waals surface area (Å²) in [5.41, 5.74) is 6.75. The number of aryl methyl sites for hydroxylation is 1. The van der Waals surface area contributed by atoms with Crippen LogP contribution >= 0.6 is 0 Å². The Morgan fingerprint density at radius 2 is 1.83 bits per heavy atom. The van der Waals surface area contributed by atoms with Gasteiger partial charge in [-0.1, -0.05) is 32.0 Å². The topological polar surface area (TPSA) is 93.5 Å². The second kappa shape index (κ2) is 9.15. The monoisotopic (exact) mass is 321 g/mol. The molecule has 2 amide bonds. The van der Waals surface area contributed by atoms with Crippen LogP contribution < -0.4 is 21.1 Å². The van der Waals surface area contributed by atoms with Crippen LogP contribution in [0.3, 0.4) is 0 Å². The first-order valence-electron chi connectivity index (χ1n) is 7.83. The molecule has 0 saturated carbocycles. The van der Waals surface area contributed by atoms with Gasteiger partial charge in [0, 0.05) is 0 Å². The lowest BCUT2D eigenvalue weighted by molar-refractivity contribution is -0.127. The van der Waals surface area contributed by atoms with Crippen molar-refractivity contribution in [2.45, 2.75) is 39.8 Å². The zero-order chi connectivity index (χ0) is 17.4. The molecule has 1 unspecified atom stereocenters. The molecule has 4 N–H and O–H groups in total. The van der Waals surface area contributed by atoms with Crippen molar-refractivity contribution >= 4 is 11.8 Å². The van der Waals surface area contributed by atoms with E-state index in [1.54, 1.807) is 0 Å². The fourth-order valence-corrected chi connectivity index (χ4v) is 1.86. The van der Waals surface area contributed by atoms with Crippen LogP contribution in [0.15, 0.2) is 24.3 Å². The molecule has 0 aliphatic carbocycles. The van der Waals surface area contributed by atoms with Gasteiger partial charge in [-0.3, -0.25) is 9.59 Å². The number of nitrogens with one attached hydrogen (secondary N) is 2. The molecular weight excluding hydrogens is 294 g/mol. The molecule has 0 spiro atoms. The number of nitrogens with two attached hydrogens (primary N) is 1. The van der Waals surface area contributed by atoms with Crippen molar-refractivity contribution in [3.8, 4) is 5.75 Å². The van der Waals surface area contributed by atoms with Crippen LogP contribution in [0.25, 0.3) is 0 Å². The number of carbonyl (C=O) groups excluding carboxylic acids is 2. The number of carbonyl (C=O) groups is 2. The molecule has 0 heterocycles. The van der Waals surface area contributed by atoms with Crippen molar-refractivity contribution < 1.29 is 14.3 Å². The van der Waals surface area contributed by atoms with Crippen LogP contribution in [0.5, 0.6) is 5.75 Å². The van der Waals surface area contributed by atoms with E-state index >= 15 is 0 Å². The molecule has 0 aromatic heterocycles. The number of ether oxygens (including phenoxy) is 1. The van der Waals surface area contributed by atoms with Gasteiger partial charge in [0.25, 0.3) is 0 Å². The third kappa shape index (κ3) is 6.69. The standard InChI is InChI=1S/C17H27N3O3/c1-11(2)16(18)17(22)20-10-15(21)19-9-13(4)23-14-8-6-5-7-12(14)3/h5-8,11,13,16H,9-10,18H2,1-4H3,(H,19,21)(H,20,22)/t13?,16-/m0/s1. The fourth-order valence-electron chi connectivity index (χ4n) is 1.86. The zero-order valence-electron chi connectivity index (χ0n) is 14.3. The maximum absolute atomic E-state index is 11.7. The van der Waals surface area contributed by atoms with Crippen LogP contribution in [0.1, 0.15) is 26.3 Å². The Morgan fingerprint density at radius 3 is 2.43 bits per heavy atom. The Hall–Kier alpha value is -2.08. The molecule has 1 aromatic carbocycles. The van der Waals surface area contributed by atoms with Gasteiger partial charge in [0.15, 0.2) is 0 Å². The Labute approximate surface area is 137 Å². The highest BCUT2D eigenvalue weighted by Crippen LogP contribution is 2.17. The van der Waals surface area contributed by atoms with E-state index in [-0.39, 0.29) is 30.4 Å². The van der Waals surface area contributed by atoms with E-state index in [1.807, 2.05) is 52.0 Å². The molecule has 0 aliphatic rings. The lowest BCUT2D eigenvalue weighted by atomic mass is 10.1. The van der Waals surface area contributed by atoms with E-state index in [0.717, 1.165) is 11.3 Å². The quantitative estimate of drug-likeness (QED) is 0.665. The molecule has 6 heteroatoms. The summed E-state index contributed by atoms with van der Waals surface area (Å²) in [5, 5.41) is 5.26. The highest BCUT2D eigenvalue weighted by Gasteiger charge is 2.17. The van der Waals surface area contributed by atoms with Crippen LogP contribution in [-0.2, 0) is 9.59 Å². The number of hydrogen-bond donors (Lipinski definition) is 3. The van der Waals surface area contributed by atoms with Gasteiger partial charge in [0.05, 0.1) is 19.1 Å². The number of amides is 2. The maximum Gasteiger partial charge on any atom is 0.239 e. The Kier molecular flexibility index (Phi) is 7.54. The normalized spacial score (nSPS) is 13.3. The van der Waals surface area contributed by atoms with Crippen LogP contribution in [-0.4, -0.2) is 37.0 Å². The number of hydrogen-bond acceptors (Lipinski definition) is 4. The smallest absolute Gasteiger partial charge is 0.239 e. The summed E-state index contributed by atoms with van der Waals surface area (Å²) in [6, 6.07) is 7.10. The lowest BCUT2D eigenvalue weighted by Crippen LogP contribution is -2.47. The summed E-state index contributed by atoms with van der Waals surface area (Å²) in [6.07, 6.45) is -0.173. The predicted molar refractivity (Wildman–Crippen MR) is 90.1 cm³/mol. The van der Waals surface area contributed by atoms with Crippen molar-refractivity contribution in [2.24, 2.45) is 11.7 Å². The highest BCUT2D eigenvalue weighted by atomic mass is 16.5. The van der Waals surface area contributed by atoms with E-state index in [2.05, 4.69) is 10.6 Å². The second-order valence-corrected chi connectivity index (χ2v) is 5.99. The van der Waals surface area contributed by atoms with Crippen LogP contribution in [0, 0.1) is 12.8 Å². The largest absolute Gasteiger partial charge is 0.489 e. The molecule has 0 radical (unpaired) electrons. The molecule has 1 rings (SSSR count). The molecule has 0 fully saturated rings. The van der Waals surface area contributed by atoms with E-state index in [4.69, 9.17) is 10.5 Å². The Morgan fingerprint density at radius 1 is 1.17 bits per heavy atom. The number of benzene rings is 1. The second-order valence-electron chi connectivity index (χ2n) is 5.99. The summed E-state index contributed by atoms with van der Waals surface area (Å²) in [6.45, 7) is 7.83. The summed E-state index contributed by atoms with van der Waals surface area (Å²) in [4.78, 5) is 23.4. The summed E-state index contributed by atoms with van der Waals surface area (Å²) in [7, 11) is 0.